The molecule has 0 saturated carbocycles. The molecule has 0 aliphatic carbocycles. The molecule has 2 aromatic carbocycles. The highest BCUT2D eigenvalue weighted by Gasteiger charge is 2.13. The summed E-state index contributed by atoms with van der Waals surface area (Å²) in [4.78, 5) is 4.66. The van der Waals surface area contributed by atoms with Crippen LogP contribution in [0, 0.1) is 0 Å². The van der Waals surface area contributed by atoms with E-state index >= 15 is 0 Å². The quantitative estimate of drug-likeness (QED) is 0.560. The van der Waals surface area contributed by atoms with Crippen molar-refractivity contribution in [2.45, 2.75) is 13.0 Å². The Morgan fingerprint density at radius 3 is 2.71 bits per heavy atom. The van der Waals surface area contributed by atoms with Crippen molar-refractivity contribution in [1.29, 1.82) is 0 Å². The fourth-order valence-electron chi connectivity index (χ4n) is 2.45. The first-order chi connectivity index (χ1) is 10.2. The van der Waals surface area contributed by atoms with Crippen molar-refractivity contribution in [3.8, 4) is 0 Å². The van der Waals surface area contributed by atoms with Crippen LogP contribution < -0.4 is 0 Å². The molecule has 0 unspecified atom stereocenters. The number of aryl methyl sites for hydroxylation is 1. The summed E-state index contributed by atoms with van der Waals surface area (Å²) < 4.78 is 3.22. The van der Waals surface area contributed by atoms with E-state index in [0.29, 0.717) is 5.88 Å². The van der Waals surface area contributed by atoms with Gasteiger partial charge in [-0.25, -0.2) is 4.98 Å². The number of rotatable bonds is 4. The summed E-state index contributed by atoms with van der Waals surface area (Å²) in [6.07, 6.45) is 0.723. The number of halogens is 3. The second-order valence-corrected chi connectivity index (χ2v) is 6.49. The number of hydrogen-bond acceptors (Lipinski definition) is 1. The SMILES string of the molecule is ClCCc1nc2cccc(Cl)c2n1Cc1cccc(Br)c1. The zero-order valence-corrected chi connectivity index (χ0v) is 14.3. The van der Waals surface area contributed by atoms with Gasteiger partial charge < -0.3 is 4.57 Å². The second-order valence-electron chi connectivity index (χ2n) is 4.79. The highest BCUT2D eigenvalue weighted by atomic mass is 79.9. The molecule has 0 amide bonds. The first-order valence-corrected chi connectivity index (χ1v) is 8.33. The summed E-state index contributed by atoms with van der Waals surface area (Å²) in [5.41, 5.74) is 3.08. The number of alkyl halides is 1. The van der Waals surface area contributed by atoms with Gasteiger partial charge in [-0.05, 0) is 29.8 Å². The van der Waals surface area contributed by atoms with Crippen LogP contribution in [-0.2, 0) is 13.0 Å². The van der Waals surface area contributed by atoms with Gasteiger partial charge in [0, 0.05) is 23.3 Å². The maximum atomic E-state index is 6.37. The fraction of sp³-hybridized carbons (Fsp3) is 0.188. The third-order valence-electron chi connectivity index (χ3n) is 3.34. The van der Waals surface area contributed by atoms with Gasteiger partial charge in [0.2, 0.25) is 0 Å². The van der Waals surface area contributed by atoms with Crippen molar-refractivity contribution < 1.29 is 0 Å². The minimum Gasteiger partial charge on any atom is -0.322 e. The van der Waals surface area contributed by atoms with E-state index in [1.54, 1.807) is 0 Å². The number of para-hydroxylation sites is 1. The lowest BCUT2D eigenvalue weighted by Crippen LogP contribution is -2.06. The number of imidazole rings is 1. The van der Waals surface area contributed by atoms with E-state index in [9.17, 15) is 0 Å². The molecular formula is C16H13BrCl2N2. The molecule has 3 rings (SSSR count). The molecule has 0 bridgehead atoms. The van der Waals surface area contributed by atoms with Gasteiger partial charge in [0.05, 0.1) is 16.1 Å². The molecule has 1 aromatic heterocycles. The summed E-state index contributed by atoms with van der Waals surface area (Å²) >= 11 is 15.8. The summed E-state index contributed by atoms with van der Waals surface area (Å²) in [6.45, 7) is 0.728. The van der Waals surface area contributed by atoms with Gasteiger partial charge in [-0.3, -0.25) is 0 Å². The van der Waals surface area contributed by atoms with E-state index in [4.69, 9.17) is 23.2 Å². The number of benzene rings is 2. The van der Waals surface area contributed by atoms with Crippen molar-refractivity contribution in [2.75, 3.05) is 5.88 Å². The molecule has 0 N–H and O–H groups in total. The minimum absolute atomic E-state index is 0.541. The molecule has 21 heavy (non-hydrogen) atoms. The van der Waals surface area contributed by atoms with Crippen molar-refractivity contribution in [3.05, 3.63) is 63.3 Å². The van der Waals surface area contributed by atoms with Crippen LogP contribution in [0.4, 0.5) is 0 Å². The average molecular weight is 384 g/mol. The average Bonchev–Trinajstić information content (AvgIpc) is 2.79. The molecule has 1 heterocycles. The van der Waals surface area contributed by atoms with Gasteiger partial charge in [0.25, 0.3) is 0 Å². The highest BCUT2D eigenvalue weighted by Crippen LogP contribution is 2.26. The molecule has 0 spiro atoms. The maximum absolute atomic E-state index is 6.37. The zero-order valence-electron chi connectivity index (χ0n) is 11.2. The topological polar surface area (TPSA) is 17.8 Å². The van der Waals surface area contributed by atoms with Crippen LogP contribution in [0.1, 0.15) is 11.4 Å². The number of hydrogen-bond donors (Lipinski definition) is 0. The van der Waals surface area contributed by atoms with E-state index in [1.807, 2.05) is 30.3 Å². The van der Waals surface area contributed by atoms with E-state index < -0.39 is 0 Å². The minimum atomic E-state index is 0.541. The Morgan fingerprint density at radius 2 is 1.95 bits per heavy atom. The largest absolute Gasteiger partial charge is 0.322 e. The Kier molecular flexibility index (Phi) is 4.53. The van der Waals surface area contributed by atoms with Crippen LogP contribution in [0.3, 0.4) is 0 Å². The smallest absolute Gasteiger partial charge is 0.111 e. The van der Waals surface area contributed by atoms with Crippen LogP contribution in [0.25, 0.3) is 11.0 Å². The molecule has 2 nitrogen and oxygen atoms in total. The maximum Gasteiger partial charge on any atom is 0.111 e. The summed E-state index contributed by atoms with van der Waals surface area (Å²) in [5.74, 6) is 1.51. The summed E-state index contributed by atoms with van der Waals surface area (Å²) in [6, 6.07) is 14.0. The number of aromatic nitrogens is 2. The Bertz CT molecular complexity index is 783. The lowest BCUT2D eigenvalue weighted by atomic mass is 10.2. The van der Waals surface area contributed by atoms with Gasteiger partial charge in [-0.15, -0.1) is 11.6 Å². The summed E-state index contributed by atoms with van der Waals surface area (Å²) in [5, 5.41) is 0.718. The van der Waals surface area contributed by atoms with E-state index in [1.165, 1.54) is 5.56 Å². The number of fused-ring (bicyclic) bond motifs is 1. The zero-order chi connectivity index (χ0) is 14.8. The molecule has 0 aliphatic rings. The molecule has 0 radical (unpaired) electrons. The fourth-order valence-corrected chi connectivity index (χ4v) is 3.34. The molecule has 108 valence electrons. The monoisotopic (exact) mass is 382 g/mol. The predicted molar refractivity (Wildman–Crippen MR) is 92.4 cm³/mol. The lowest BCUT2D eigenvalue weighted by Gasteiger charge is -2.10. The van der Waals surface area contributed by atoms with Gasteiger partial charge in [0.1, 0.15) is 5.82 Å². The third kappa shape index (κ3) is 3.10. The van der Waals surface area contributed by atoms with E-state index in [2.05, 4.69) is 37.6 Å². The van der Waals surface area contributed by atoms with Crippen molar-refractivity contribution in [1.82, 2.24) is 9.55 Å². The first-order valence-electron chi connectivity index (χ1n) is 6.63. The second kappa shape index (κ2) is 6.39. The molecule has 0 fully saturated rings. The molecular weight excluding hydrogens is 371 g/mol. The predicted octanol–water partition coefficient (Wildman–Crippen LogP) is 5.28. The highest BCUT2D eigenvalue weighted by molar-refractivity contribution is 9.10. The summed E-state index contributed by atoms with van der Waals surface area (Å²) in [7, 11) is 0. The Morgan fingerprint density at radius 1 is 1.14 bits per heavy atom. The standard InChI is InChI=1S/C16H13BrCl2N2/c17-12-4-1-3-11(9-12)10-21-15(7-8-18)20-14-6-2-5-13(19)16(14)21/h1-6,9H,7-8,10H2. The Balaban J connectivity index is 2.12. The Labute approximate surface area is 141 Å². The van der Waals surface area contributed by atoms with Crippen LogP contribution in [0.5, 0.6) is 0 Å². The van der Waals surface area contributed by atoms with Crippen LogP contribution in [0.2, 0.25) is 5.02 Å². The van der Waals surface area contributed by atoms with Gasteiger partial charge in [0.15, 0.2) is 0 Å². The van der Waals surface area contributed by atoms with Gasteiger partial charge in [-0.1, -0.05) is 45.7 Å². The molecule has 0 saturated heterocycles. The first kappa shape index (κ1) is 14.9. The van der Waals surface area contributed by atoms with E-state index in [-0.39, 0.29) is 0 Å². The van der Waals surface area contributed by atoms with Crippen LogP contribution in [-0.4, -0.2) is 15.4 Å². The van der Waals surface area contributed by atoms with Gasteiger partial charge >= 0.3 is 0 Å². The van der Waals surface area contributed by atoms with E-state index in [0.717, 1.165) is 39.3 Å². The van der Waals surface area contributed by atoms with Crippen molar-refractivity contribution in [2.24, 2.45) is 0 Å². The molecule has 0 atom stereocenters. The number of nitrogens with zero attached hydrogens (tertiary/aromatic N) is 2. The Hall–Kier alpha value is -1.03. The van der Waals surface area contributed by atoms with Crippen molar-refractivity contribution in [3.63, 3.8) is 0 Å². The van der Waals surface area contributed by atoms with Gasteiger partial charge in [-0.2, -0.15) is 0 Å². The molecule has 0 aliphatic heterocycles. The van der Waals surface area contributed by atoms with Crippen molar-refractivity contribution >= 4 is 50.2 Å². The van der Waals surface area contributed by atoms with Crippen LogP contribution in [0.15, 0.2) is 46.9 Å². The molecule has 3 aromatic rings. The normalized spacial score (nSPS) is 11.2. The lowest BCUT2D eigenvalue weighted by molar-refractivity contribution is 0.754. The third-order valence-corrected chi connectivity index (χ3v) is 4.33. The van der Waals surface area contributed by atoms with Crippen LogP contribution >= 0.6 is 39.1 Å². The molecule has 5 heteroatoms.